The fraction of sp³-hybridized carbons (Fsp3) is 0.188. The van der Waals surface area contributed by atoms with Gasteiger partial charge in [0.1, 0.15) is 17.4 Å². The van der Waals surface area contributed by atoms with Crippen molar-refractivity contribution in [3.05, 3.63) is 65.2 Å². The number of rotatable bonds is 5. The molecule has 0 amide bonds. The van der Waals surface area contributed by atoms with Crippen molar-refractivity contribution in [3.63, 3.8) is 0 Å². The Morgan fingerprint density at radius 2 is 1.90 bits per heavy atom. The van der Waals surface area contributed by atoms with Gasteiger partial charge in [0.05, 0.1) is 13.0 Å². The average Bonchev–Trinajstić information content (AvgIpc) is 2.44. The highest BCUT2D eigenvalue weighted by Gasteiger charge is 2.22. The lowest BCUT2D eigenvalue weighted by Gasteiger charge is -2.15. The van der Waals surface area contributed by atoms with Crippen molar-refractivity contribution in [2.24, 2.45) is 0 Å². The van der Waals surface area contributed by atoms with Crippen LogP contribution in [0.25, 0.3) is 0 Å². The first-order chi connectivity index (χ1) is 10.0. The fourth-order valence-electron chi connectivity index (χ4n) is 2.20. The first-order valence-electron chi connectivity index (χ1n) is 6.32. The third kappa shape index (κ3) is 3.56. The Kier molecular flexibility index (Phi) is 4.52. The minimum absolute atomic E-state index is 0.0136. The molecule has 0 heterocycles. The maximum absolute atomic E-state index is 13.3. The second kappa shape index (κ2) is 6.35. The summed E-state index contributed by atoms with van der Waals surface area (Å²) >= 11 is 0. The van der Waals surface area contributed by atoms with Crippen LogP contribution in [0.2, 0.25) is 0 Å². The van der Waals surface area contributed by atoms with Gasteiger partial charge in [-0.2, -0.15) is 0 Å². The van der Waals surface area contributed by atoms with E-state index in [-0.39, 0.29) is 6.42 Å². The van der Waals surface area contributed by atoms with Crippen LogP contribution in [-0.4, -0.2) is 18.2 Å². The number of carboxylic acids is 1. The van der Waals surface area contributed by atoms with E-state index in [1.54, 1.807) is 0 Å². The van der Waals surface area contributed by atoms with E-state index in [9.17, 15) is 18.7 Å². The van der Waals surface area contributed by atoms with Crippen LogP contribution < -0.4 is 4.74 Å². The summed E-state index contributed by atoms with van der Waals surface area (Å²) in [6.45, 7) is 0. The monoisotopic (exact) mass is 292 g/mol. The molecule has 0 aliphatic heterocycles. The smallest absolute Gasteiger partial charge is 0.311 e. The number of carboxylic acid groups (broad SMARTS) is 1. The van der Waals surface area contributed by atoms with E-state index in [0.29, 0.717) is 16.9 Å². The van der Waals surface area contributed by atoms with Crippen molar-refractivity contribution < 1.29 is 23.4 Å². The molecule has 0 aliphatic rings. The zero-order valence-electron chi connectivity index (χ0n) is 11.3. The van der Waals surface area contributed by atoms with E-state index in [1.165, 1.54) is 49.6 Å². The lowest BCUT2D eigenvalue weighted by Crippen LogP contribution is -2.15. The third-order valence-electron chi connectivity index (χ3n) is 3.22. The van der Waals surface area contributed by atoms with E-state index in [0.717, 1.165) is 0 Å². The molecule has 0 aliphatic carbocycles. The number of aliphatic carboxylic acids is 1. The number of hydrogen-bond donors (Lipinski definition) is 1. The molecular weight excluding hydrogens is 278 g/mol. The molecule has 2 aromatic rings. The Bertz CT molecular complexity index is 656. The van der Waals surface area contributed by atoms with Gasteiger partial charge in [-0.1, -0.05) is 12.1 Å². The number of carbonyl (C=O) groups is 1. The van der Waals surface area contributed by atoms with Gasteiger partial charge in [0.2, 0.25) is 0 Å². The SMILES string of the molecule is COc1ccc(F)cc1CC(C(=O)O)c1cccc(F)c1. The Morgan fingerprint density at radius 3 is 2.52 bits per heavy atom. The summed E-state index contributed by atoms with van der Waals surface area (Å²) < 4.78 is 31.7. The van der Waals surface area contributed by atoms with Crippen molar-refractivity contribution in [1.29, 1.82) is 0 Å². The van der Waals surface area contributed by atoms with E-state index < -0.39 is 23.5 Å². The van der Waals surface area contributed by atoms with E-state index in [2.05, 4.69) is 0 Å². The Labute approximate surface area is 120 Å². The zero-order chi connectivity index (χ0) is 15.4. The van der Waals surface area contributed by atoms with Crippen molar-refractivity contribution in [1.82, 2.24) is 0 Å². The second-order valence-electron chi connectivity index (χ2n) is 4.61. The molecule has 1 atom stereocenters. The molecule has 2 rings (SSSR count). The molecule has 1 unspecified atom stereocenters. The van der Waals surface area contributed by atoms with Crippen LogP contribution in [0, 0.1) is 11.6 Å². The highest BCUT2D eigenvalue weighted by atomic mass is 19.1. The molecule has 21 heavy (non-hydrogen) atoms. The number of ether oxygens (including phenoxy) is 1. The Hall–Kier alpha value is -2.43. The summed E-state index contributed by atoms with van der Waals surface area (Å²) in [6, 6.07) is 9.30. The van der Waals surface area contributed by atoms with Crippen LogP contribution in [0.3, 0.4) is 0 Å². The molecular formula is C16H14F2O3. The predicted molar refractivity (Wildman–Crippen MR) is 73.4 cm³/mol. The number of hydrogen-bond acceptors (Lipinski definition) is 2. The molecule has 0 fully saturated rings. The summed E-state index contributed by atoms with van der Waals surface area (Å²) in [7, 11) is 1.43. The molecule has 0 radical (unpaired) electrons. The predicted octanol–water partition coefficient (Wildman–Crippen LogP) is 3.38. The molecule has 0 spiro atoms. The first kappa shape index (κ1) is 15.0. The summed E-state index contributed by atoms with van der Waals surface area (Å²) in [5, 5.41) is 9.35. The van der Waals surface area contributed by atoms with Gasteiger partial charge in [-0.25, -0.2) is 8.78 Å². The largest absolute Gasteiger partial charge is 0.496 e. The van der Waals surface area contributed by atoms with Gasteiger partial charge in [-0.05, 0) is 47.9 Å². The molecule has 0 aromatic heterocycles. The Balaban J connectivity index is 2.37. The van der Waals surface area contributed by atoms with Gasteiger partial charge in [0, 0.05) is 0 Å². The van der Waals surface area contributed by atoms with Crippen molar-refractivity contribution in [2.75, 3.05) is 7.11 Å². The van der Waals surface area contributed by atoms with E-state index in [4.69, 9.17) is 4.74 Å². The molecule has 0 bridgehead atoms. The fourth-order valence-corrected chi connectivity index (χ4v) is 2.20. The molecule has 110 valence electrons. The van der Waals surface area contributed by atoms with Crippen LogP contribution in [0.5, 0.6) is 5.75 Å². The van der Waals surface area contributed by atoms with Gasteiger partial charge >= 0.3 is 5.97 Å². The van der Waals surface area contributed by atoms with Crippen LogP contribution in [0.4, 0.5) is 8.78 Å². The molecule has 0 saturated heterocycles. The van der Waals surface area contributed by atoms with Crippen LogP contribution >= 0.6 is 0 Å². The van der Waals surface area contributed by atoms with Crippen LogP contribution in [-0.2, 0) is 11.2 Å². The molecule has 0 saturated carbocycles. The maximum atomic E-state index is 13.3. The topological polar surface area (TPSA) is 46.5 Å². The Morgan fingerprint density at radius 1 is 1.19 bits per heavy atom. The second-order valence-corrected chi connectivity index (χ2v) is 4.61. The highest BCUT2D eigenvalue weighted by Crippen LogP contribution is 2.28. The summed E-state index contributed by atoms with van der Waals surface area (Å²) in [5.74, 6) is -2.67. The van der Waals surface area contributed by atoms with Gasteiger partial charge < -0.3 is 9.84 Å². The van der Waals surface area contributed by atoms with Gasteiger partial charge in [0.25, 0.3) is 0 Å². The quantitative estimate of drug-likeness (QED) is 0.919. The minimum Gasteiger partial charge on any atom is -0.496 e. The molecule has 5 heteroatoms. The summed E-state index contributed by atoms with van der Waals surface area (Å²) in [5.41, 5.74) is 0.753. The minimum atomic E-state index is -1.10. The highest BCUT2D eigenvalue weighted by molar-refractivity contribution is 5.76. The first-order valence-corrected chi connectivity index (χ1v) is 6.32. The molecule has 3 nitrogen and oxygen atoms in total. The standard InChI is InChI=1S/C16H14F2O3/c1-21-15-6-5-13(18)8-11(15)9-14(16(19)20)10-3-2-4-12(17)7-10/h2-8,14H,9H2,1H3,(H,19,20). The van der Waals surface area contributed by atoms with Crippen molar-refractivity contribution in [3.8, 4) is 5.75 Å². The lowest BCUT2D eigenvalue weighted by atomic mass is 9.91. The third-order valence-corrected chi connectivity index (χ3v) is 3.22. The number of halogens is 2. The van der Waals surface area contributed by atoms with Crippen LogP contribution in [0.15, 0.2) is 42.5 Å². The number of methoxy groups -OCH3 is 1. The van der Waals surface area contributed by atoms with Crippen molar-refractivity contribution in [2.45, 2.75) is 12.3 Å². The molecule has 2 aromatic carbocycles. The van der Waals surface area contributed by atoms with Gasteiger partial charge in [-0.3, -0.25) is 4.79 Å². The maximum Gasteiger partial charge on any atom is 0.311 e. The van der Waals surface area contributed by atoms with Gasteiger partial charge in [0.15, 0.2) is 0 Å². The average molecular weight is 292 g/mol. The van der Waals surface area contributed by atoms with E-state index >= 15 is 0 Å². The zero-order valence-corrected chi connectivity index (χ0v) is 11.3. The normalized spacial score (nSPS) is 12.0. The van der Waals surface area contributed by atoms with Crippen LogP contribution in [0.1, 0.15) is 17.0 Å². The number of benzene rings is 2. The lowest BCUT2D eigenvalue weighted by molar-refractivity contribution is -0.138. The molecule has 1 N–H and O–H groups in total. The van der Waals surface area contributed by atoms with Crippen molar-refractivity contribution >= 4 is 5.97 Å². The summed E-state index contributed by atoms with van der Waals surface area (Å²) in [6.07, 6.45) is 0.0136. The summed E-state index contributed by atoms with van der Waals surface area (Å²) in [4.78, 5) is 11.4. The van der Waals surface area contributed by atoms with Gasteiger partial charge in [-0.15, -0.1) is 0 Å². The van der Waals surface area contributed by atoms with E-state index in [1.807, 2.05) is 0 Å².